The maximum Gasteiger partial charge on any atom is 0.108 e. The van der Waals surface area contributed by atoms with Crippen LogP contribution in [-0.4, -0.2) is 9.52 Å². The van der Waals surface area contributed by atoms with E-state index in [9.17, 15) is 0 Å². The Morgan fingerprint density at radius 1 is 1.71 bits per heavy atom. The van der Waals surface area contributed by atoms with Crippen LogP contribution in [0.4, 0.5) is 0 Å². The van der Waals surface area contributed by atoms with Crippen molar-refractivity contribution in [2.24, 2.45) is 0 Å². The first kappa shape index (κ1) is 6.78. The molecule has 7 heavy (non-hydrogen) atoms. The minimum Gasteiger partial charge on any atom is -0.126 e. The molecule has 0 bridgehead atoms. The highest BCUT2D eigenvalue weighted by atomic mass is 28.2. The van der Waals surface area contributed by atoms with E-state index in [1.807, 2.05) is 0 Å². The lowest BCUT2D eigenvalue weighted by Gasteiger charge is -1.84. The lowest BCUT2D eigenvalue weighted by atomic mass is 10.4. The highest BCUT2D eigenvalue weighted by Gasteiger charge is 1.79. The average molecular weight is 111 g/mol. The Bertz CT molecular complexity index is 61.1. The first-order chi connectivity index (χ1) is 3.41. The van der Waals surface area contributed by atoms with Crippen molar-refractivity contribution in [1.82, 2.24) is 0 Å². The van der Waals surface area contributed by atoms with Crippen LogP contribution in [0.5, 0.6) is 0 Å². The molecule has 0 fully saturated rings. The van der Waals surface area contributed by atoms with Gasteiger partial charge in [0.2, 0.25) is 0 Å². The van der Waals surface area contributed by atoms with Crippen LogP contribution in [0.2, 0.25) is 6.04 Å². The summed E-state index contributed by atoms with van der Waals surface area (Å²) < 4.78 is 0. The number of hydrogen-bond donors (Lipinski definition) is 0. The molecule has 0 unspecified atom stereocenters. The second kappa shape index (κ2) is 5.78. The van der Waals surface area contributed by atoms with Crippen molar-refractivity contribution in [3.05, 3.63) is 6.42 Å². The minimum absolute atomic E-state index is 0.173. The molecule has 1 radical (unpaired) electrons. The van der Waals surface area contributed by atoms with Gasteiger partial charge in [-0.1, -0.05) is 25.8 Å². The lowest BCUT2D eigenvalue weighted by molar-refractivity contribution is 0.881. The molecule has 0 aliphatic carbocycles. The SMILES string of the molecule is [C]#C[SiH2]CCCC. The van der Waals surface area contributed by atoms with Crippen molar-refractivity contribution in [1.29, 1.82) is 0 Å². The van der Waals surface area contributed by atoms with E-state index in [4.69, 9.17) is 6.42 Å². The van der Waals surface area contributed by atoms with Gasteiger partial charge in [-0.3, -0.25) is 0 Å². The van der Waals surface area contributed by atoms with Crippen LogP contribution in [0, 0.1) is 12.0 Å². The molecule has 0 aromatic carbocycles. The highest BCUT2D eigenvalue weighted by molar-refractivity contribution is 6.45. The summed E-state index contributed by atoms with van der Waals surface area (Å²) in [4.78, 5) is 0. The Morgan fingerprint density at radius 3 is 2.86 bits per heavy atom. The maximum atomic E-state index is 6.59. The van der Waals surface area contributed by atoms with Gasteiger partial charge in [-0.05, 0) is 6.42 Å². The lowest BCUT2D eigenvalue weighted by Crippen LogP contribution is -1.81. The smallest absolute Gasteiger partial charge is 0.108 e. The van der Waals surface area contributed by atoms with E-state index in [1.54, 1.807) is 0 Å². The fraction of sp³-hybridized carbons (Fsp3) is 0.667. The Hall–Kier alpha value is -0.223. The zero-order valence-electron chi connectivity index (χ0n) is 4.83. The third kappa shape index (κ3) is 5.78. The molecule has 0 heterocycles. The standard InChI is InChI=1S/C6H11Si/c1-3-5-6-7-4-2/h3,5-7H2,1H3. The van der Waals surface area contributed by atoms with Crippen molar-refractivity contribution in [2.75, 3.05) is 0 Å². The molecule has 0 rings (SSSR count). The molecular weight excluding hydrogens is 100 g/mol. The van der Waals surface area contributed by atoms with Crippen LogP contribution in [0.3, 0.4) is 0 Å². The molecule has 0 aromatic heterocycles. The van der Waals surface area contributed by atoms with Gasteiger partial charge < -0.3 is 0 Å². The van der Waals surface area contributed by atoms with Crippen LogP contribution in [-0.2, 0) is 0 Å². The molecule has 0 atom stereocenters. The summed E-state index contributed by atoms with van der Waals surface area (Å²) in [6.07, 6.45) is 9.17. The number of hydrogen-bond acceptors (Lipinski definition) is 0. The van der Waals surface area contributed by atoms with Crippen LogP contribution in [0.1, 0.15) is 19.8 Å². The molecule has 0 amide bonds. The predicted octanol–water partition coefficient (Wildman–Crippen LogP) is 0.921. The Kier molecular flexibility index (Phi) is 5.59. The molecule has 0 aliphatic rings. The molecule has 1 heteroatoms. The third-order valence-corrected chi connectivity index (χ3v) is 2.01. The van der Waals surface area contributed by atoms with E-state index in [0.717, 1.165) is 0 Å². The van der Waals surface area contributed by atoms with E-state index in [-0.39, 0.29) is 9.52 Å². The highest BCUT2D eigenvalue weighted by Crippen LogP contribution is 1.90. The fourth-order valence-electron chi connectivity index (χ4n) is 0.463. The topological polar surface area (TPSA) is 0 Å². The van der Waals surface area contributed by atoms with Gasteiger partial charge in [0.25, 0.3) is 0 Å². The Labute approximate surface area is 48.1 Å². The van der Waals surface area contributed by atoms with E-state index in [2.05, 4.69) is 12.5 Å². The molecule has 0 aromatic rings. The van der Waals surface area contributed by atoms with E-state index in [1.165, 1.54) is 18.9 Å². The average Bonchev–Trinajstić information content (AvgIpc) is 1.69. The van der Waals surface area contributed by atoms with E-state index >= 15 is 0 Å². The normalized spacial score (nSPS) is 9.71. The van der Waals surface area contributed by atoms with Gasteiger partial charge in [-0.25, -0.2) is 0 Å². The molecular formula is C6H11Si. The van der Waals surface area contributed by atoms with Crippen LogP contribution >= 0.6 is 0 Å². The Balaban J connectivity index is 2.60. The second-order valence-corrected chi connectivity index (χ2v) is 3.19. The monoisotopic (exact) mass is 111 g/mol. The molecule has 0 saturated heterocycles. The van der Waals surface area contributed by atoms with Gasteiger partial charge in [0, 0.05) is 0 Å². The van der Waals surface area contributed by atoms with Gasteiger partial charge >= 0.3 is 0 Å². The Morgan fingerprint density at radius 2 is 2.43 bits per heavy atom. The van der Waals surface area contributed by atoms with Gasteiger partial charge in [0.05, 0.1) is 0 Å². The third-order valence-electron chi connectivity index (χ3n) is 0.905. The molecule has 0 nitrogen and oxygen atoms in total. The summed E-state index contributed by atoms with van der Waals surface area (Å²) in [6.45, 7) is 2.18. The minimum atomic E-state index is -0.173. The van der Waals surface area contributed by atoms with Crippen LogP contribution in [0.15, 0.2) is 0 Å². The maximum absolute atomic E-state index is 6.59. The molecule has 39 valence electrons. The molecule has 0 N–H and O–H groups in total. The van der Waals surface area contributed by atoms with Gasteiger partial charge in [0.1, 0.15) is 9.52 Å². The quantitative estimate of drug-likeness (QED) is 0.289. The van der Waals surface area contributed by atoms with Crippen molar-refractivity contribution in [2.45, 2.75) is 25.8 Å². The summed E-state index contributed by atoms with van der Waals surface area (Å²) in [5, 5.41) is 0. The molecule has 0 aliphatic heterocycles. The van der Waals surface area contributed by atoms with Gasteiger partial charge in [0.15, 0.2) is 0 Å². The summed E-state index contributed by atoms with van der Waals surface area (Å²) >= 11 is 0. The largest absolute Gasteiger partial charge is 0.126 e. The summed E-state index contributed by atoms with van der Waals surface area (Å²) in [7, 11) is -0.173. The second-order valence-electron chi connectivity index (χ2n) is 1.63. The van der Waals surface area contributed by atoms with Crippen molar-refractivity contribution < 1.29 is 0 Å². The zero-order valence-corrected chi connectivity index (χ0v) is 6.24. The van der Waals surface area contributed by atoms with Crippen LogP contribution in [0.25, 0.3) is 0 Å². The number of rotatable bonds is 3. The van der Waals surface area contributed by atoms with Crippen molar-refractivity contribution in [3.63, 3.8) is 0 Å². The van der Waals surface area contributed by atoms with Gasteiger partial charge in [-0.2, -0.15) is 0 Å². The summed E-state index contributed by atoms with van der Waals surface area (Å²) in [5.74, 6) is 0. The zero-order chi connectivity index (χ0) is 5.54. The molecule has 0 spiro atoms. The number of unbranched alkanes of at least 4 members (excludes halogenated alkanes) is 1. The first-order valence-electron chi connectivity index (χ1n) is 2.81. The summed E-state index contributed by atoms with van der Waals surface area (Å²) in [5.41, 5.74) is 2.49. The van der Waals surface area contributed by atoms with E-state index < -0.39 is 0 Å². The first-order valence-corrected chi connectivity index (χ1v) is 4.52. The van der Waals surface area contributed by atoms with Gasteiger partial charge in [-0.15, -0.1) is 5.54 Å². The van der Waals surface area contributed by atoms with Crippen molar-refractivity contribution >= 4 is 9.52 Å². The fourth-order valence-corrected chi connectivity index (χ4v) is 1.39. The van der Waals surface area contributed by atoms with E-state index in [0.29, 0.717) is 0 Å². The predicted molar refractivity (Wildman–Crippen MR) is 35.4 cm³/mol. The molecule has 0 saturated carbocycles. The van der Waals surface area contributed by atoms with Crippen LogP contribution < -0.4 is 0 Å². The summed E-state index contributed by atoms with van der Waals surface area (Å²) in [6, 6.07) is 1.28. The van der Waals surface area contributed by atoms with Crippen molar-refractivity contribution in [3.8, 4) is 5.54 Å².